The van der Waals surface area contributed by atoms with Gasteiger partial charge in [-0.05, 0) is 28.6 Å². The van der Waals surface area contributed by atoms with Crippen molar-refractivity contribution in [2.75, 3.05) is 0 Å². The molecule has 0 aliphatic carbocycles. The van der Waals surface area contributed by atoms with Crippen molar-refractivity contribution >= 4 is 28.2 Å². The summed E-state index contributed by atoms with van der Waals surface area (Å²) < 4.78 is 1.26. The van der Waals surface area contributed by atoms with Gasteiger partial charge in [0.2, 0.25) is 0 Å². The minimum Gasteiger partial charge on any atom is -0.339 e. The average Bonchev–Trinajstić information content (AvgIpc) is 3.08. The maximum absolute atomic E-state index is 12.4. The van der Waals surface area contributed by atoms with Crippen molar-refractivity contribution in [3.8, 4) is 11.5 Å². The summed E-state index contributed by atoms with van der Waals surface area (Å²) in [5.74, 6) is 0.392. The summed E-state index contributed by atoms with van der Waals surface area (Å²) in [5.41, 5.74) is 1.46. The highest BCUT2D eigenvalue weighted by Crippen LogP contribution is 2.17. The van der Waals surface area contributed by atoms with Gasteiger partial charge in [-0.25, -0.2) is 5.10 Å². The molecule has 3 aromatic heterocycles. The second-order valence-electron chi connectivity index (χ2n) is 4.20. The van der Waals surface area contributed by atoms with E-state index in [-0.39, 0.29) is 5.56 Å². The Kier molecular flexibility index (Phi) is 2.15. The number of fused-ring (bicyclic) bond motifs is 2. The van der Waals surface area contributed by atoms with Crippen molar-refractivity contribution in [3.05, 3.63) is 39.6 Å². The molecular formula is C11H6ClN7O. The van der Waals surface area contributed by atoms with Crippen molar-refractivity contribution in [3.63, 3.8) is 0 Å². The molecule has 8 nitrogen and oxygen atoms in total. The first-order chi connectivity index (χ1) is 9.72. The zero-order valence-corrected chi connectivity index (χ0v) is 10.6. The molecule has 1 aromatic carbocycles. The second kappa shape index (κ2) is 3.87. The van der Waals surface area contributed by atoms with Gasteiger partial charge < -0.3 is 4.98 Å². The first kappa shape index (κ1) is 11.1. The molecular weight excluding hydrogens is 282 g/mol. The Morgan fingerprint density at radius 1 is 1.25 bits per heavy atom. The normalized spacial score (nSPS) is 11.4. The number of benzene rings is 1. The summed E-state index contributed by atoms with van der Waals surface area (Å²) >= 11 is 5.91. The number of nitrogens with one attached hydrogen (secondary N) is 2. The van der Waals surface area contributed by atoms with Crippen molar-refractivity contribution in [1.29, 1.82) is 0 Å². The van der Waals surface area contributed by atoms with Crippen LogP contribution in [0.1, 0.15) is 0 Å². The van der Waals surface area contributed by atoms with Crippen LogP contribution in [0.3, 0.4) is 0 Å². The lowest BCUT2D eigenvalue weighted by atomic mass is 10.2. The first-order valence-corrected chi connectivity index (χ1v) is 6.05. The van der Waals surface area contributed by atoms with Gasteiger partial charge >= 0.3 is 0 Å². The van der Waals surface area contributed by atoms with Crippen LogP contribution in [-0.4, -0.2) is 35.2 Å². The number of hydrogen-bond acceptors (Lipinski definition) is 5. The fourth-order valence-corrected chi connectivity index (χ4v) is 2.23. The number of H-pyrrole nitrogens is 2. The lowest BCUT2D eigenvalue weighted by molar-refractivity contribution is 0.881. The molecule has 0 unspecified atom stereocenters. The van der Waals surface area contributed by atoms with Gasteiger partial charge in [-0.3, -0.25) is 4.79 Å². The van der Waals surface area contributed by atoms with E-state index in [4.69, 9.17) is 11.6 Å². The van der Waals surface area contributed by atoms with Crippen LogP contribution in [-0.2, 0) is 0 Å². The van der Waals surface area contributed by atoms with Crippen molar-refractivity contribution < 1.29 is 0 Å². The van der Waals surface area contributed by atoms with Crippen LogP contribution in [0.2, 0.25) is 5.02 Å². The van der Waals surface area contributed by atoms with Gasteiger partial charge in [0.05, 0.1) is 10.9 Å². The van der Waals surface area contributed by atoms with Gasteiger partial charge in [0, 0.05) is 11.1 Å². The van der Waals surface area contributed by atoms with Crippen molar-refractivity contribution in [2.24, 2.45) is 0 Å². The highest BCUT2D eigenvalue weighted by Gasteiger charge is 2.12. The Bertz CT molecular complexity index is 985. The van der Waals surface area contributed by atoms with E-state index in [1.165, 1.54) is 4.52 Å². The summed E-state index contributed by atoms with van der Waals surface area (Å²) in [6, 6.07) is 6.76. The lowest BCUT2D eigenvalue weighted by Gasteiger charge is -1.99. The number of nitrogens with zero attached hydrogens (tertiary/aromatic N) is 5. The van der Waals surface area contributed by atoms with E-state index in [0.29, 0.717) is 33.1 Å². The number of aromatic nitrogens is 7. The maximum Gasteiger partial charge on any atom is 0.282 e. The molecule has 0 bridgehead atoms. The molecule has 0 atom stereocenters. The molecule has 0 saturated carbocycles. The molecule has 4 rings (SSSR count). The third-order valence-electron chi connectivity index (χ3n) is 2.96. The number of halogens is 1. The van der Waals surface area contributed by atoms with Crippen LogP contribution in [0.4, 0.5) is 0 Å². The van der Waals surface area contributed by atoms with E-state index < -0.39 is 0 Å². The Labute approximate surface area is 115 Å². The fraction of sp³-hybridized carbons (Fsp3) is 0. The smallest absolute Gasteiger partial charge is 0.282 e. The Morgan fingerprint density at radius 2 is 2.15 bits per heavy atom. The van der Waals surface area contributed by atoms with Gasteiger partial charge in [-0.2, -0.15) is 9.61 Å². The summed E-state index contributed by atoms with van der Waals surface area (Å²) in [6.07, 6.45) is 0. The first-order valence-electron chi connectivity index (χ1n) is 5.68. The van der Waals surface area contributed by atoms with Crippen LogP contribution >= 0.6 is 11.6 Å². The lowest BCUT2D eigenvalue weighted by Crippen LogP contribution is -2.15. The number of rotatable bonds is 1. The van der Waals surface area contributed by atoms with E-state index in [0.717, 1.165) is 0 Å². The Hall–Kier alpha value is -2.74. The number of hydrogen-bond donors (Lipinski definition) is 2. The zero-order chi connectivity index (χ0) is 13.7. The molecule has 0 fully saturated rings. The Balaban J connectivity index is 2.10. The SMILES string of the molecule is O=c1c2cc(Cl)ccc2[nH]c2cc(-c3nnn[nH]3)nn12. The number of tetrazole rings is 1. The van der Waals surface area contributed by atoms with Crippen LogP contribution in [0.25, 0.3) is 28.1 Å². The van der Waals surface area contributed by atoms with E-state index in [1.807, 2.05) is 0 Å². The van der Waals surface area contributed by atoms with Crippen molar-refractivity contribution in [1.82, 2.24) is 35.2 Å². The molecule has 2 N–H and O–H groups in total. The van der Waals surface area contributed by atoms with Crippen LogP contribution in [0.5, 0.6) is 0 Å². The summed E-state index contributed by atoms with van der Waals surface area (Å²) in [7, 11) is 0. The topological polar surface area (TPSA) is 105 Å². The summed E-state index contributed by atoms with van der Waals surface area (Å²) in [4.78, 5) is 15.5. The molecule has 20 heavy (non-hydrogen) atoms. The zero-order valence-electron chi connectivity index (χ0n) is 9.83. The van der Waals surface area contributed by atoms with E-state index in [9.17, 15) is 4.79 Å². The molecule has 0 aliphatic rings. The van der Waals surface area contributed by atoms with Gasteiger partial charge in [0.15, 0.2) is 5.82 Å². The predicted octanol–water partition coefficient (Wildman–Crippen LogP) is 1.01. The molecule has 0 spiro atoms. The number of aromatic amines is 2. The average molecular weight is 288 g/mol. The minimum atomic E-state index is -0.255. The maximum atomic E-state index is 12.4. The summed E-state index contributed by atoms with van der Waals surface area (Å²) in [6.45, 7) is 0. The molecule has 98 valence electrons. The van der Waals surface area contributed by atoms with E-state index in [2.05, 4.69) is 30.7 Å². The highest BCUT2D eigenvalue weighted by atomic mass is 35.5. The monoisotopic (exact) mass is 287 g/mol. The molecule has 9 heteroatoms. The largest absolute Gasteiger partial charge is 0.339 e. The molecule has 0 amide bonds. The predicted molar refractivity (Wildman–Crippen MR) is 71.5 cm³/mol. The standard InChI is InChI=1S/C11H6ClN7O/c12-5-1-2-7-6(3-5)11(20)19-9(13-7)4-8(16-19)10-14-17-18-15-10/h1-4,13H,(H,14,15,17,18). The Morgan fingerprint density at radius 3 is 2.95 bits per heavy atom. The van der Waals surface area contributed by atoms with Gasteiger partial charge in [-0.1, -0.05) is 11.6 Å². The molecule has 0 radical (unpaired) electrons. The third kappa shape index (κ3) is 1.51. The molecule has 4 aromatic rings. The molecule has 0 aliphatic heterocycles. The highest BCUT2D eigenvalue weighted by molar-refractivity contribution is 6.31. The fourth-order valence-electron chi connectivity index (χ4n) is 2.06. The van der Waals surface area contributed by atoms with Crippen LogP contribution in [0, 0.1) is 0 Å². The molecule has 0 saturated heterocycles. The quantitative estimate of drug-likeness (QED) is 0.543. The molecule has 3 heterocycles. The summed E-state index contributed by atoms with van der Waals surface area (Å²) in [5, 5.41) is 18.5. The minimum absolute atomic E-state index is 0.255. The van der Waals surface area contributed by atoms with Crippen LogP contribution in [0.15, 0.2) is 29.1 Å². The van der Waals surface area contributed by atoms with Gasteiger partial charge in [0.25, 0.3) is 5.56 Å². The van der Waals surface area contributed by atoms with Crippen LogP contribution < -0.4 is 5.56 Å². The third-order valence-corrected chi connectivity index (χ3v) is 3.20. The van der Waals surface area contributed by atoms with E-state index >= 15 is 0 Å². The second-order valence-corrected chi connectivity index (χ2v) is 4.63. The van der Waals surface area contributed by atoms with Crippen molar-refractivity contribution in [2.45, 2.75) is 0 Å². The van der Waals surface area contributed by atoms with Gasteiger partial charge in [-0.15, -0.1) is 5.10 Å². The van der Waals surface area contributed by atoms with Gasteiger partial charge in [0.1, 0.15) is 11.3 Å². The van der Waals surface area contributed by atoms with E-state index in [1.54, 1.807) is 24.3 Å².